The van der Waals surface area contributed by atoms with Gasteiger partial charge in [-0.25, -0.2) is 0 Å². The summed E-state index contributed by atoms with van der Waals surface area (Å²) in [6, 6.07) is 24.2. The van der Waals surface area contributed by atoms with E-state index >= 15 is 0 Å². The van der Waals surface area contributed by atoms with Crippen molar-refractivity contribution in [2.45, 2.75) is 34.0 Å². The Morgan fingerprint density at radius 2 is 1.43 bits per heavy atom. The fourth-order valence-electron chi connectivity index (χ4n) is 5.43. The molecule has 0 aliphatic rings. The lowest BCUT2D eigenvalue weighted by Crippen LogP contribution is -2.11. The van der Waals surface area contributed by atoms with Crippen LogP contribution in [0.2, 0.25) is 0 Å². The first-order valence-corrected chi connectivity index (χ1v) is 11.9. The van der Waals surface area contributed by atoms with Crippen molar-refractivity contribution >= 4 is 65.2 Å². The van der Waals surface area contributed by atoms with E-state index in [9.17, 15) is 2.74 Å². The number of hydrogen-bond acceptors (Lipinski definition) is 2. The summed E-state index contributed by atoms with van der Waals surface area (Å²) in [7, 11) is 0. The van der Waals surface area contributed by atoms with Gasteiger partial charge in [-0.2, -0.15) is 0 Å². The maximum atomic E-state index is 9.39. The van der Waals surface area contributed by atoms with Gasteiger partial charge in [0.05, 0.1) is 5.52 Å². The number of benzene rings is 5. The summed E-state index contributed by atoms with van der Waals surface area (Å²) >= 11 is 0. The summed E-state index contributed by atoms with van der Waals surface area (Å²) in [5.74, 6) is 0. The van der Waals surface area contributed by atoms with Gasteiger partial charge < -0.3 is 4.42 Å². The average molecular weight is 459 g/mol. The molecular weight excluding hydrogens is 426 g/mol. The van der Waals surface area contributed by atoms with E-state index in [0.29, 0.717) is 21.9 Å². The molecule has 0 spiro atoms. The molecule has 0 saturated carbocycles. The Hall–Kier alpha value is -3.91. The van der Waals surface area contributed by atoms with E-state index in [-0.39, 0.29) is 11.1 Å². The van der Waals surface area contributed by atoms with Crippen LogP contribution >= 0.6 is 0 Å². The lowest BCUT2D eigenvalue weighted by atomic mass is 9.83. The van der Waals surface area contributed by atoms with Crippen molar-refractivity contribution in [2.75, 3.05) is 0 Å². The second kappa shape index (κ2) is 7.05. The predicted molar refractivity (Wildman–Crippen MR) is 149 cm³/mol. The Morgan fingerprint density at radius 3 is 2.23 bits per heavy atom. The number of rotatable bonds is 1. The molecule has 0 radical (unpaired) electrons. The third-order valence-electron chi connectivity index (χ3n) is 6.83. The van der Waals surface area contributed by atoms with Crippen LogP contribution in [0, 0.1) is 12.3 Å². The van der Waals surface area contributed by atoms with E-state index in [4.69, 9.17) is 13.5 Å². The summed E-state index contributed by atoms with van der Waals surface area (Å²) in [5, 5.41) is 7.75. The highest BCUT2D eigenvalue weighted by Gasteiger charge is 2.22. The standard InChI is InChI=1S/C33H27NO/c1-19-18-34-30-24-12-8-7-11-22(24)23-15-16-26-25-14-13-20-9-5-6-10-21(20)31(25)35-32(26)29(23)28(30)27(19)17-33(2,3)4/h5-16,18H,17H2,1-4H3/i1D3,17D2. The summed E-state index contributed by atoms with van der Waals surface area (Å²) < 4.78 is 50.7. The van der Waals surface area contributed by atoms with Crippen molar-refractivity contribution < 1.29 is 11.3 Å². The lowest BCUT2D eigenvalue weighted by molar-refractivity contribution is 0.412. The summed E-state index contributed by atoms with van der Waals surface area (Å²) in [6.07, 6.45) is -0.660. The van der Waals surface area contributed by atoms with Crippen molar-refractivity contribution in [3.8, 4) is 0 Å². The monoisotopic (exact) mass is 458 g/mol. The van der Waals surface area contributed by atoms with E-state index in [0.717, 1.165) is 43.3 Å². The van der Waals surface area contributed by atoms with Crippen LogP contribution in [0.5, 0.6) is 0 Å². The minimum atomic E-state index is -2.56. The normalized spacial score (nSPS) is 15.6. The molecule has 0 aliphatic carbocycles. The second-order valence-corrected chi connectivity index (χ2v) is 10.3. The number of aromatic nitrogens is 1. The molecule has 170 valence electrons. The molecule has 7 rings (SSSR count). The van der Waals surface area contributed by atoms with E-state index in [1.165, 1.54) is 6.20 Å². The fourth-order valence-corrected chi connectivity index (χ4v) is 5.43. The van der Waals surface area contributed by atoms with Gasteiger partial charge in [0, 0.05) is 45.4 Å². The van der Waals surface area contributed by atoms with Crippen molar-refractivity contribution in [2.24, 2.45) is 5.41 Å². The smallest absolute Gasteiger partial charge is 0.143 e. The Morgan fingerprint density at radius 1 is 0.743 bits per heavy atom. The van der Waals surface area contributed by atoms with Crippen molar-refractivity contribution in [1.29, 1.82) is 0 Å². The highest BCUT2D eigenvalue weighted by atomic mass is 16.3. The van der Waals surface area contributed by atoms with E-state index in [1.54, 1.807) is 20.8 Å². The van der Waals surface area contributed by atoms with Gasteiger partial charge in [-0.1, -0.05) is 81.4 Å². The number of furan rings is 1. The molecule has 2 aromatic heterocycles. The predicted octanol–water partition coefficient (Wildman–Crippen LogP) is 9.49. The number of nitrogens with zero attached hydrogens (tertiary/aromatic N) is 1. The third-order valence-corrected chi connectivity index (χ3v) is 6.83. The van der Waals surface area contributed by atoms with Crippen LogP contribution in [-0.4, -0.2) is 4.98 Å². The van der Waals surface area contributed by atoms with Crippen molar-refractivity contribution in [1.82, 2.24) is 4.98 Å². The van der Waals surface area contributed by atoms with Gasteiger partial charge >= 0.3 is 0 Å². The van der Waals surface area contributed by atoms with Crippen molar-refractivity contribution in [3.05, 3.63) is 90.1 Å². The zero-order valence-corrected chi connectivity index (χ0v) is 19.9. The van der Waals surface area contributed by atoms with Gasteiger partial charge in [0.2, 0.25) is 0 Å². The molecule has 0 aliphatic heterocycles. The molecule has 0 unspecified atom stereocenters. The van der Waals surface area contributed by atoms with E-state index < -0.39 is 18.6 Å². The minimum Gasteiger partial charge on any atom is -0.455 e. The SMILES string of the molecule is [2H]C([2H])([2H])c1cnc2c3ccccc3c3ccc4c5ccc6ccccc6c5oc4c3c2c1C([2H])([2H])C(C)(C)C. The molecule has 0 N–H and O–H groups in total. The maximum absolute atomic E-state index is 9.39. The topological polar surface area (TPSA) is 26.0 Å². The van der Waals surface area contributed by atoms with Crippen LogP contribution < -0.4 is 0 Å². The molecule has 35 heavy (non-hydrogen) atoms. The van der Waals surface area contributed by atoms with Gasteiger partial charge in [-0.05, 0) is 58.1 Å². The molecule has 7 aromatic rings. The van der Waals surface area contributed by atoms with Gasteiger partial charge in [-0.3, -0.25) is 4.98 Å². The Labute approximate surface area is 211 Å². The molecule has 0 saturated heterocycles. The van der Waals surface area contributed by atoms with E-state index in [1.807, 2.05) is 54.6 Å². The molecule has 2 nitrogen and oxygen atoms in total. The third kappa shape index (κ3) is 2.93. The fraction of sp³-hybridized carbons (Fsp3) is 0.182. The van der Waals surface area contributed by atoms with Crippen LogP contribution in [0.15, 0.2) is 83.4 Å². The minimum absolute atomic E-state index is 0.0740. The lowest BCUT2D eigenvalue weighted by Gasteiger charge is -2.22. The van der Waals surface area contributed by atoms with Gasteiger partial charge in [0.1, 0.15) is 11.2 Å². The number of hydrogen-bond donors (Lipinski definition) is 0. The Balaban J connectivity index is 1.84. The van der Waals surface area contributed by atoms with Crippen LogP contribution in [0.3, 0.4) is 0 Å². The molecule has 0 amide bonds. The molecule has 0 bridgehead atoms. The van der Waals surface area contributed by atoms with Gasteiger partial charge in [-0.15, -0.1) is 0 Å². The first kappa shape index (κ1) is 15.9. The first-order valence-electron chi connectivity index (χ1n) is 14.4. The largest absolute Gasteiger partial charge is 0.455 e. The molecule has 5 aromatic carbocycles. The first-order chi connectivity index (χ1) is 18.9. The quantitative estimate of drug-likeness (QED) is 0.229. The molecular formula is C33H27NO. The summed E-state index contributed by atoms with van der Waals surface area (Å²) in [5.41, 5.74) is 1.10. The van der Waals surface area contributed by atoms with Gasteiger partial charge in [0.25, 0.3) is 0 Å². The van der Waals surface area contributed by atoms with Crippen LogP contribution in [0.1, 0.15) is 38.8 Å². The molecule has 2 heterocycles. The van der Waals surface area contributed by atoms with Crippen molar-refractivity contribution in [3.63, 3.8) is 0 Å². The number of pyridine rings is 1. The highest BCUT2D eigenvalue weighted by Crippen LogP contribution is 2.44. The number of fused-ring (bicyclic) bond motifs is 12. The van der Waals surface area contributed by atoms with E-state index in [2.05, 4.69) is 18.2 Å². The number of aryl methyl sites for hydroxylation is 1. The zero-order chi connectivity index (χ0) is 28.2. The molecule has 0 fully saturated rings. The van der Waals surface area contributed by atoms with Crippen LogP contribution in [-0.2, 0) is 6.37 Å². The maximum Gasteiger partial charge on any atom is 0.143 e. The average Bonchev–Trinajstić information content (AvgIpc) is 3.30. The second-order valence-electron chi connectivity index (χ2n) is 10.3. The van der Waals surface area contributed by atoms with Crippen LogP contribution in [0.25, 0.3) is 65.2 Å². The molecule has 2 heteroatoms. The molecule has 0 atom stereocenters. The van der Waals surface area contributed by atoms with Crippen LogP contribution in [0.4, 0.5) is 0 Å². The zero-order valence-electron chi connectivity index (χ0n) is 24.9. The summed E-state index contributed by atoms with van der Waals surface area (Å²) in [4.78, 5) is 4.72. The highest BCUT2D eigenvalue weighted by molar-refractivity contribution is 6.33. The van der Waals surface area contributed by atoms with Gasteiger partial charge in [0.15, 0.2) is 0 Å². The summed E-state index contributed by atoms with van der Waals surface area (Å²) in [6.45, 7) is 2.84. The Kier molecular flexibility index (Phi) is 3.20. The Bertz CT molecular complexity index is 2170.